The largest absolute Gasteiger partial charge is 0.355 e. The van der Waals surface area contributed by atoms with E-state index in [0.717, 1.165) is 19.5 Å². The smallest absolute Gasteiger partial charge is 0.271 e. The summed E-state index contributed by atoms with van der Waals surface area (Å²) < 4.78 is 0. The van der Waals surface area contributed by atoms with Crippen LogP contribution >= 0.6 is 11.6 Å². The van der Waals surface area contributed by atoms with E-state index >= 15 is 0 Å². The zero-order valence-corrected chi connectivity index (χ0v) is 10.3. The molecule has 0 atom stereocenters. The summed E-state index contributed by atoms with van der Waals surface area (Å²) in [6.07, 6.45) is 3.72. The minimum atomic E-state index is -0.268. The van der Waals surface area contributed by atoms with Gasteiger partial charge in [0.1, 0.15) is 5.02 Å². The number of aromatic amines is 1. The Morgan fingerprint density at radius 3 is 3.00 bits per heavy atom. The number of piperidine rings is 1. The van der Waals surface area contributed by atoms with Crippen LogP contribution in [0.25, 0.3) is 0 Å². The van der Waals surface area contributed by atoms with E-state index in [0.29, 0.717) is 5.82 Å². The first-order valence-electron chi connectivity index (χ1n) is 5.48. The number of nitrogens with one attached hydrogen (secondary N) is 1. The summed E-state index contributed by atoms with van der Waals surface area (Å²) in [5, 5.41) is 0.195. The van der Waals surface area contributed by atoms with Crippen LogP contribution in [0.3, 0.4) is 0 Å². The van der Waals surface area contributed by atoms with Gasteiger partial charge in [0.2, 0.25) is 0 Å². The number of halogens is 1. The fraction of sp³-hybridized carbons (Fsp3) is 0.636. The van der Waals surface area contributed by atoms with Crippen molar-refractivity contribution in [1.29, 1.82) is 0 Å². The maximum absolute atomic E-state index is 11.4. The first-order valence-corrected chi connectivity index (χ1v) is 5.85. The highest BCUT2D eigenvalue weighted by atomic mass is 35.5. The molecule has 2 rings (SSSR count). The Morgan fingerprint density at radius 1 is 1.56 bits per heavy atom. The average Bonchev–Trinajstić information content (AvgIpc) is 2.20. The molecule has 0 bridgehead atoms. The predicted octanol–water partition coefficient (Wildman–Crippen LogP) is 2.05. The van der Waals surface area contributed by atoms with E-state index in [1.807, 2.05) is 0 Å². The van der Waals surface area contributed by atoms with Crippen LogP contribution in [0.4, 0.5) is 5.82 Å². The van der Waals surface area contributed by atoms with Crippen LogP contribution in [0.1, 0.15) is 26.7 Å². The number of rotatable bonds is 1. The second-order valence-corrected chi connectivity index (χ2v) is 5.44. The van der Waals surface area contributed by atoms with Gasteiger partial charge in [-0.2, -0.15) is 0 Å². The highest BCUT2D eigenvalue weighted by Crippen LogP contribution is 2.32. The molecule has 1 aliphatic heterocycles. The Labute approximate surface area is 99.6 Å². The Balaban J connectivity index is 2.31. The van der Waals surface area contributed by atoms with Gasteiger partial charge in [0.25, 0.3) is 5.56 Å². The summed E-state index contributed by atoms with van der Waals surface area (Å²) >= 11 is 5.97. The topological polar surface area (TPSA) is 49.0 Å². The van der Waals surface area contributed by atoms with Gasteiger partial charge in [-0.25, -0.2) is 4.98 Å². The van der Waals surface area contributed by atoms with Crippen LogP contribution in [-0.2, 0) is 0 Å². The molecule has 2 heterocycles. The van der Waals surface area contributed by atoms with E-state index in [4.69, 9.17) is 11.6 Å². The molecule has 0 saturated carbocycles. The first kappa shape index (κ1) is 11.5. The van der Waals surface area contributed by atoms with Crippen LogP contribution in [0.5, 0.6) is 0 Å². The van der Waals surface area contributed by atoms with Crippen molar-refractivity contribution < 1.29 is 0 Å². The lowest BCUT2D eigenvalue weighted by Gasteiger charge is -2.38. The molecule has 5 heteroatoms. The van der Waals surface area contributed by atoms with Gasteiger partial charge in [0.05, 0.1) is 6.33 Å². The monoisotopic (exact) mass is 241 g/mol. The molecule has 16 heavy (non-hydrogen) atoms. The molecule has 0 radical (unpaired) electrons. The lowest BCUT2D eigenvalue weighted by Crippen LogP contribution is -2.41. The quantitative estimate of drug-likeness (QED) is 0.819. The molecular weight excluding hydrogens is 226 g/mol. The molecule has 1 saturated heterocycles. The summed E-state index contributed by atoms with van der Waals surface area (Å²) in [5.74, 6) is 0.609. The summed E-state index contributed by atoms with van der Waals surface area (Å²) in [5.41, 5.74) is -0.0127. The van der Waals surface area contributed by atoms with Crippen molar-refractivity contribution in [1.82, 2.24) is 9.97 Å². The molecule has 1 N–H and O–H groups in total. The Hall–Kier alpha value is -1.03. The molecule has 1 fully saturated rings. The molecule has 0 spiro atoms. The number of H-pyrrole nitrogens is 1. The fourth-order valence-corrected chi connectivity index (χ4v) is 2.42. The van der Waals surface area contributed by atoms with Crippen LogP contribution < -0.4 is 10.5 Å². The van der Waals surface area contributed by atoms with Gasteiger partial charge in [-0.3, -0.25) is 4.79 Å². The predicted molar refractivity (Wildman–Crippen MR) is 65.1 cm³/mol. The molecule has 0 aromatic carbocycles. The third-order valence-corrected chi connectivity index (χ3v) is 3.32. The van der Waals surface area contributed by atoms with Crippen molar-refractivity contribution in [3.63, 3.8) is 0 Å². The Morgan fingerprint density at radius 2 is 2.31 bits per heavy atom. The van der Waals surface area contributed by atoms with Crippen LogP contribution in [0.15, 0.2) is 11.1 Å². The van der Waals surface area contributed by atoms with Crippen molar-refractivity contribution in [2.75, 3.05) is 18.0 Å². The molecule has 4 nitrogen and oxygen atoms in total. The summed E-state index contributed by atoms with van der Waals surface area (Å²) in [7, 11) is 0. The number of anilines is 1. The molecule has 0 amide bonds. The minimum absolute atomic E-state index is 0.195. The zero-order chi connectivity index (χ0) is 11.8. The highest BCUT2D eigenvalue weighted by molar-refractivity contribution is 6.32. The van der Waals surface area contributed by atoms with E-state index < -0.39 is 0 Å². The third-order valence-electron chi connectivity index (χ3n) is 2.98. The standard InChI is InChI=1S/C11H16ClN3O/c1-11(2)4-3-5-15(6-11)9-8(12)10(16)14-7-13-9/h7H,3-6H2,1-2H3,(H,13,14,16). The summed E-state index contributed by atoms with van der Waals surface area (Å²) in [4.78, 5) is 20.1. The number of aromatic nitrogens is 2. The fourth-order valence-electron chi connectivity index (χ4n) is 2.20. The van der Waals surface area contributed by atoms with E-state index in [-0.39, 0.29) is 16.0 Å². The molecule has 0 unspecified atom stereocenters. The van der Waals surface area contributed by atoms with Crippen molar-refractivity contribution >= 4 is 17.4 Å². The number of nitrogens with zero attached hydrogens (tertiary/aromatic N) is 2. The van der Waals surface area contributed by atoms with Crippen molar-refractivity contribution in [2.45, 2.75) is 26.7 Å². The Kier molecular flexibility index (Phi) is 2.93. The van der Waals surface area contributed by atoms with Crippen molar-refractivity contribution in [3.05, 3.63) is 21.7 Å². The first-order chi connectivity index (χ1) is 7.49. The summed E-state index contributed by atoms with van der Waals surface area (Å²) in [6, 6.07) is 0. The molecule has 1 aromatic heterocycles. The minimum Gasteiger partial charge on any atom is -0.355 e. The van der Waals surface area contributed by atoms with Gasteiger partial charge >= 0.3 is 0 Å². The molecule has 1 aliphatic rings. The van der Waals surface area contributed by atoms with Gasteiger partial charge in [0.15, 0.2) is 5.82 Å². The van der Waals surface area contributed by atoms with Crippen LogP contribution in [0.2, 0.25) is 5.02 Å². The SMILES string of the molecule is CC1(C)CCCN(c2nc[nH]c(=O)c2Cl)C1. The van der Waals surface area contributed by atoms with Gasteiger partial charge < -0.3 is 9.88 Å². The molecule has 1 aromatic rings. The van der Waals surface area contributed by atoms with Crippen molar-refractivity contribution in [2.24, 2.45) is 5.41 Å². The van der Waals surface area contributed by atoms with Crippen molar-refractivity contribution in [3.8, 4) is 0 Å². The van der Waals surface area contributed by atoms with Gasteiger partial charge in [0, 0.05) is 13.1 Å². The average molecular weight is 242 g/mol. The second kappa shape index (κ2) is 4.09. The molecule has 88 valence electrons. The zero-order valence-electron chi connectivity index (χ0n) is 9.59. The Bertz CT molecular complexity index is 441. The normalized spacial score (nSPS) is 19.8. The lowest BCUT2D eigenvalue weighted by molar-refractivity contribution is 0.292. The van der Waals surface area contributed by atoms with E-state index in [1.165, 1.54) is 12.7 Å². The second-order valence-electron chi connectivity index (χ2n) is 5.06. The lowest BCUT2D eigenvalue weighted by atomic mass is 9.84. The van der Waals surface area contributed by atoms with E-state index in [1.54, 1.807) is 0 Å². The molecule has 0 aliphatic carbocycles. The van der Waals surface area contributed by atoms with Gasteiger partial charge in [-0.15, -0.1) is 0 Å². The van der Waals surface area contributed by atoms with E-state index in [9.17, 15) is 4.79 Å². The highest BCUT2D eigenvalue weighted by Gasteiger charge is 2.28. The number of hydrogen-bond acceptors (Lipinski definition) is 3. The third kappa shape index (κ3) is 2.21. The van der Waals surface area contributed by atoms with Crippen LogP contribution in [-0.4, -0.2) is 23.1 Å². The maximum Gasteiger partial charge on any atom is 0.271 e. The molecular formula is C11H16ClN3O. The van der Waals surface area contributed by atoms with Crippen LogP contribution in [0, 0.1) is 5.41 Å². The van der Waals surface area contributed by atoms with E-state index in [2.05, 4.69) is 28.7 Å². The van der Waals surface area contributed by atoms with Gasteiger partial charge in [-0.05, 0) is 18.3 Å². The summed E-state index contributed by atoms with van der Waals surface area (Å²) in [6.45, 7) is 6.25. The number of hydrogen-bond donors (Lipinski definition) is 1. The van der Waals surface area contributed by atoms with Gasteiger partial charge in [-0.1, -0.05) is 25.4 Å². The maximum atomic E-state index is 11.4.